The van der Waals surface area contributed by atoms with Crippen LogP contribution in [0.5, 0.6) is 11.5 Å². The summed E-state index contributed by atoms with van der Waals surface area (Å²) in [5.74, 6) is -0.255. The van der Waals surface area contributed by atoms with Crippen LogP contribution in [0.4, 0.5) is 11.4 Å². The van der Waals surface area contributed by atoms with Crippen LogP contribution in [0.3, 0.4) is 0 Å². The topological polar surface area (TPSA) is 114 Å². The first-order valence-electron chi connectivity index (χ1n) is 13.3. The summed E-state index contributed by atoms with van der Waals surface area (Å²) in [5, 5.41) is 3.36. The average molecular weight is 641 g/mol. The Morgan fingerprint density at radius 2 is 1.65 bits per heavy atom. The molecule has 43 heavy (non-hydrogen) atoms. The Bertz CT molecular complexity index is 1720. The van der Waals surface area contributed by atoms with Gasteiger partial charge in [-0.05, 0) is 66.6 Å². The first-order valence-corrected chi connectivity index (χ1v) is 15.5. The molecule has 0 aliphatic carbocycles. The van der Waals surface area contributed by atoms with E-state index in [-0.39, 0.29) is 28.1 Å². The molecule has 4 aromatic rings. The van der Waals surface area contributed by atoms with Crippen molar-refractivity contribution in [1.82, 2.24) is 5.32 Å². The van der Waals surface area contributed by atoms with E-state index in [4.69, 9.17) is 32.7 Å². The third-order valence-electron chi connectivity index (χ3n) is 6.58. The van der Waals surface area contributed by atoms with E-state index in [0.717, 1.165) is 5.56 Å². The van der Waals surface area contributed by atoms with Gasteiger partial charge in [-0.15, -0.1) is 0 Å². The Kier molecular flexibility index (Phi) is 9.40. The minimum Gasteiger partial charge on any atom is -0.482 e. The summed E-state index contributed by atoms with van der Waals surface area (Å²) in [7, 11) is -3.94. The minimum atomic E-state index is -3.94. The van der Waals surface area contributed by atoms with E-state index in [1.54, 1.807) is 36.4 Å². The van der Waals surface area contributed by atoms with Gasteiger partial charge in [-0.1, -0.05) is 65.7 Å². The molecule has 2 N–H and O–H groups in total. The van der Waals surface area contributed by atoms with Gasteiger partial charge in [0.15, 0.2) is 12.7 Å². The second kappa shape index (κ2) is 13.4. The van der Waals surface area contributed by atoms with Gasteiger partial charge in [0.25, 0.3) is 21.8 Å². The van der Waals surface area contributed by atoms with Gasteiger partial charge in [-0.25, -0.2) is 8.42 Å². The van der Waals surface area contributed by atoms with E-state index in [9.17, 15) is 18.0 Å². The fourth-order valence-corrected chi connectivity index (χ4v) is 5.92. The molecule has 0 unspecified atom stereocenters. The number of hydrogen-bond acceptors (Lipinski definition) is 6. The van der Waals surface area contributed by atoms with E-state index in [0.29, 0.717) is 35.1 Å². The Labute approximate surface area is 259 Å². The molecule has 1 atom stereocenters. The fourth-order valence-electron chi connectivity index (χ4n) is 4.41. The highest BCUT2D eigenvalue weighted by Gasteiger charge is 2.34. The molecular formula is C31H27Cl2N3O6S. The highest BCUT2D eigenvalue weighted by atomic mass is 35.5. The number of ether oxygens (including phenoxy) is 2. The standard InChI is InChI=1S/C31H27Cl2N3O6S/c32-22-10-12-23(13-11-22)35-43(39,40)24-14-15-27(25(33)18-24)41-20-30(37)36-19-29(42-28-9-5-4-8-26(28)36)31(38)34-17-16-21-6-2-1-3-7-21/h1-15,18,29,35H,16-17,19-20H2,(H,34,38)/t29-/m0/s1. The molecule has 0 saturated heterocycles. The van der Waals surface area contributed by atoms with Crippen LogP contribution in [0.1, 0.15) is 5.56 Å². The first kappa shape index (κ1) is 30.2. The zero-order valence-corrected chi connectivity index (χ0v) is 25.0. The molecule has 9 nitrogen and oxygen atoms in total. The molecule has 1 aliphatic rings. The Morgan fingerprint density at radius 1 is 0.930 bits per heavy atom. The van der Waals surface area contributed by atoms with Crippen molar-refractivity contribution in [3.05, 3.63) is 113 Å². The van der Waals surface area contributed by atoms with Crippen LogP contribution in [0, 0.1) is 0 Å². The number of sulfonamides is 1. The summed E-state index contributed by atoms with van der Waals surface area (Å²) in [6.07, 6.45) is -0.263. The number of carbonyl (C=O) groups is 2. The van der Waals surface area contributed by atoms with Crippen LogP contribution in [0.25, 0.3) is 0 Å². The van der Waals surface area contributed by atoms with Crippen LogP contribution >= 0.6 is 23.2 Å². The van der Waals surface area contributed by atoms with Crippen molar-refractivity contribution in [3.63, 3.8) is 0 Å². The van der Waals surface area contributed by atoms with Crippen molar-refractivity contribution in [2.24, 2.45) is 0 Å². The number of para-hydroxylation sites is 2. The second-order valence-corrected chi connectivity index (χ2v) is 12.1. The number of benzene rings is 4. The second-order valence-electron chi connectivity index (χ2n) is 9.60. The summed E-state index contributed by atoms with van der Waals surface area (Å²) >= 11 is 12.2. The number of hydrogen-bond donors (Lipinski definition) is 2. The molecule has 0 fully saturated rings. The third kappa shape index (κ3) is 7.59. The first-order chi connectivity index (χ1) is 20.7. The smallest absolute Gasteiger partial charge is 0.265 e. The van der Waals surface area contributed by atoms with Crippen molar-refractivity contribution in [2.45, 2.75) is 17.4 Å². The number of nitrogens with zero attached hydrogens (tertiary/aromatic N) is 1. The molecule has 4 aromatic carbocycles. The van der Waals surface area contributed by atoms with E-state index in [1.807, 2.05) is 30.3 Å². The van der Waals surface area contributed by atoms with E-state index < -0.39 is 28.6 Å². The lowest BCUT2D eigenvalue weighted by molar-refractivity contribution is -0.128. The Hall–Kier alpha value is -4.25. The molecule has 0 bridgehead atoms. The van der Waals surface area contributed by atoms with Gasteiger partial charge in [-0.2, -0.15) is 0 Å². The number of anilines is 2. The predicted molar refractivity (Wildman–Crippen MR) is 166 cm³/mol. The van der Waals surface area contributed by atoms with Crippen molar-refractivity contribution in [2.75, 3.05) is 29.3 Å². The molecule has 5 rings (SSSR count). The summed E-state index contributed by atoms with van der Waals surface area (Å²) in [5.41, 5.74) is 1.93. The van der Waals surface area contributed by atoms with Crippen LogP contribution in [-0.2, 0) is 26.0 Å². The number of amides is 2. The lowest BCUT2D eigenvalue weighted by Crippen LogP contribution is -2.52. The molecule has 2 amide bonds. The Morgan fingerprint density at radius 3 is 2.40 bits per heavy atom. The summed E-state index contributed by atoms with van der Waals surface area (Å²) in [6, 6.07) is 26.8. The summed E-state index contributed by atoms with van der Waals surface area (Å²) < 4.78 is 39.7. The maximum Gasteiger partial charge on any atom is 0.265 e. The van der Waals surface area contributed by atoms with E-state index in [1.165, 1.54) is 35.2 Å². The van der Waals surface area contributed by atoms with Gasteiger partial charge >= 0.3 is 0 Å². The minimum absolute atomic E-state index is 0.00447. The maximum atomic E-state index is 13.3. The van der Waals surface area contributed by atoms with Crippen molar-refractivity contribution in [3.8, 4) is 11.5 Å². The lowest BCUT2D eigenvalue weighted by Gasteiger charge is -2.34. The zero-order valence-electron chi connectivity index (χ0n) is 22.7. The predicted octanol–water partition coefficient (Wildman–Crippen LogP) is 5.33. The maximum absolute atomic E-state index is 13.3. The monoisotopic (exact) mass is 639 g/mol. The molecule has 1 heterocycles. The van der Waals surface area contributed by atoms with Crippen LogP contribution < -0.4 is 24.4 Å². The largest absolute Gasteiger partial charge is 0.482 e. The molecule has 0 spiro atoms. The van der Waals surface area contributed by atoms with Crippen LogP contribution in [-0.4, -0.2) is 46.0 Å². The van der Waals surface area contributed by atoms with Gasteiger partial charge < -0.3 is 19.7 Å². The fraction of sp³-hybridized carbons (Fsp3) is 0.161. The summed E-state index contributed by atoms with van der Waals surface area (Å²) in [6.45, 7) is -0.00990. The number of fused-ring (bicyclic) bond motifs is 1. The molecule has 12 heteroatoms. The SMILES string of the molecule is O=C(NCCc1ccccc1)[C@@H]1CN(C(=O)COc2ccc(S(=O)(=O)Nc3ccc(Cl)cc3)cc2Cl)c2ccccc2O1. The van der Waals surface area contributed by atoms with Gasteiger partial charge in [0.05, 0.1) is 22.2 Å². The molecular weight excluding hydrogens is 613 g/mol. The molecule has 0 radical (unpaired) electrons. The van der Waals surface area contributed by atoms with Crippen LogP contribution in [0.15, 0.2) is 102 Å². The molecule has 222 valence electrons. The van der Waals surface area contributed by atoms with Gasteiger partial charge in [0.2, 0.25) is 0 Å². The molecule has 0 aromatic heterocycles. The number of carbonyl (C=O) groups excluding carboxylic acids is 2. The number of rotatable bonds is 10. The quantitative estimate of drug-likeness (QED) is 0.243. The lowest BCUT2D eigenvalue weighted by atomic mass is 10.1. The van der Waals surface area contributed by atoms with E-state index >= 15 is 0 Å². The van der Waals surface area contributed by atoms with Crippen LogP contribution in [0.2, 0.25) is 10.0 Å². The van der Waals surface area contributed by atoms with Crippen molar-refractivity contribution >= 4 is 56.4 Å². The molecule has 1 aliphatic heterocycles. The van der Waals surface area contributed by atoms with Crippen molar-refractivity contribution in [1.29, 1.82) is 0 Å². The van der Waals surface area contributed by atoms with E-state index in [2.05, 4.69) is 10.0 Å². The number of nitrogens with one attached hydrogen (secondary N) is 2. The Balaban J connectivity index is 1.22. The van der Waals surface area contributed by atoms with Gasteiger partial charge in [0.1, 0.15) is 11.5 Å². The highest BCUT2D eigenvalue weighted by molar-refractivity contribution is 7.92. The van der Waals surface area contributed by atoms with Crippen molar-refractivity contribution < 1.29 is 27.5 Å². The van der Waals surface area contributed by atoms with Gasteiger partial charge in [-0.3, -0.25) is 14.3 Å². The third-order valence-corrected chi connectivity index (χ3v) is 8.51. The average Bonchev–Trinajstić information content (AvgIpc) is 3.01. The number of halogens is 2. The normalized spacial score (nSPS) is 14.3. The van der Waals surface area contributed by atoms with Gasteiger partial charge in [0, 0.05) is 17.3 Å². The highest BCUT2D eigenvalue weighted by Crippen LogP contribution is 2.34. The molecule has 0 saturated carbocycles. The summed E-state index contributed by atoms with van der Waals surface area (Å²) in [4.78, 5) is 27.6. The zero-order chi connectivity index (χ0) is 30.4.